The van der Waals surface area contributed by atoms with E-state index in [1.54, 1.807) is 0 Å². The van der Waals surface area contributed by atoms with Gasteiger partial charge in [-0.3, -0.25) is 9.89 Å². The third kappa shape index (κ3) is 6.47. The fourth-order valence-corrected chi connectivity index (χ4v) is 4.00. The Morgan fingerprint density at radius 3 is 2.54 bits per heavy atom. The first kappa shape index (κ1) is 23.7. The number of ether oxygens (including phenoxy) is 1. The van der Waals surface area contributed by atoms with Crippen LogP contribution >= 0.6 is 39.9 Å². The highest BCUT2D eigenvalue weighted by Crippen LogP contribution is 2.22. The summed E-state index contributed by atoms with van der Waals surface area (Å²) in [5.74, 6) is 0.888. The average Bonchev–Trinajstić information content (AvgIpc) is 3.15. The first-order valence-corrected chi connectivity index (χ1v) is 10.6. The van der Waals surface area contributed by atoms with Crippen LogP contribution in [0, 0.1) is 0 Å². The van der Waals surface area contributed by atoms with E-state index in [1.165, 1.54) is 5.69 Å². The van der Waals surface area contributed by atoms with Gasteiger partial charge in [-0.05, 0) is 44.5 Å². The van der Waals surface area contributed by atoms with Crippen LogP contribution in [0.5, 0.6) is 0 Å². The maximum absolute atomic E-state index is 5.48. The van der Waals surface area contributed by atoms with Crippen molar-refractivity contribution in [1.29, 1.82) is 0 Å². The maximum atomic E-state index is 5.48. The summed E-state index contributed by atoms with van der Waals surface area (Å²) >= 11 is 3.50. The lowest BCUT2D eigenvalue weighted by Gasteiger charge is -2.41. The van der Waals surface area contributed by atoms with Crippen LogP contribution in [0.4, 0.5) is 5.69 Å². The standard InChI is InChI=1S/C20H32BrN5O.HI/c1-20(2,26-10-12-27-13-11-26)15-23-19(22-3)24-17-8-9-25(14-17)18-6-4-16(21)5-7-18;/h4-7,17H,8-15H2,1-3H3,(H2,22,23,24);1H. The number of nitrogens with zero attached hydrogens (tertiary/aromatic N) is 3. The zero-order chi connectivity index (χ0) is 19.3. The van der Waals surface area contributed by atoms with Crippen LogP contribution in [-0.4, -0.2) is 75.4 Å². The van der Waals surface area contributed by atoms with Crippen LogP contribution in [0.3, 0.4) is 0 Å². The summed E-state index contributed by atoms with van der Waals surface area (Å²) in [6, 6.07) is 8.95. The van der Waals surface area contributed by atoms with Gasteiger partial charge in [0.15, 0.2) is 5.96 Å². The molecular weight excluding hydrogens is 533 g/mol. The van der Waals surface area contributed by atoms with E-state index in [0.717, 1.165) is 62.8 Å². The summed E-state index contributed by atoms with van der Waals surface area (Å²) in [5.41, 5.74) is 1.35. The lowest BCUT2D eigenvalue weighted by atomic mass is 10.0. The van der Waals surface area contributed by atoms with E-state index in [4.69, 9.17) is 4.74 Å². The molecule has 1 aromatic rings. The molecule has 0 radical (unpaired) electrons. The van der Waals surface area contributed by atoms with Crippen LogP contribution < -0.4 is 15.5 Å². The molecule has 2 fully saturated rings. The highest BCUT2D eigenvalue weighted by atomic mass is 127. The van der Waals surface area contributed by atoms with Crippen LogP contribution in [-0.2, 0) is 4.74 Å². The number of nitrogens with one attached hydrogen (secondary N) is 2. The van der Waals surface area contributed by atoms with Gasteiger partial charge in [-0.25, -0.2) is 0 Å². The van der Waals surface area contributed by atoms with Gasteiger partial charge in [0.2, 0.25) is 0 Å². The van der Waals surface area contributed by atoms with E-state index in [0.29, 0.717) is 6.04 Å². The van der Waals surface area contributed by atoms with Crippen molar-refractivity contribution in [2.75, 3.05) is 57.9 Å². The number of morpholine rings is 1. The largest absolute Gasteiger partial charge is 0.379 e. The van der Waals surface area contributed by atoms with Crippen LogP contribution in [0.1, 0.15) is 20.3 Å². The van der Waals surface area contributed by atoms with Gasteiger partial charge in [0.1, 0.15) is 0 Å². The molecule has 2 aliphatic rings. The van der Waals surface area contributed by atoms with E-state index in [2.05, 4.69) is 79.5 Å². The monoisotopic (exact) mass is 565 g/mol. The highest BCUT2D eigenvalue weighted by molar-refractivity contribution is 14.0. The Kier molecular flexibility index (Phi) is 9.30. The van der Waals surface area contributed by atoms with Gasteiger partial charge in [-0.1, -0.05) is 15.9 Å². The van der Waals surface area contributed by atoms with Crippen LogP contribution in [0.15, 0.2) is 33.7 Å². The first-order chi connectivity index (χ1) is 13.0. The van der Waals surface area contributed by atoms with E-state index in [-0.39, 0.29) is 29.5 Å². The van der Waals surface area contributed by atoms with E-state index >= 15 is 0 Å². The number of hydrogen-bond acceptors (Lipinski definition) is 4. The molecule has 158 valence electrons. The molecule has 0 aliphatic carbocycles. The second-order valence-corrected chi connectivity index (χ2v) is 8.81. The number of aliphatic imine (C=N–C) groups is 1. The third-order valence-corrected chi connectivity index (χ3v) is 6.03. The molecular formula is C20H33BrIN5O. The van der Waals surface area contributed by atoms with E-state index < -0.39 is 0 Å². The van der Waals surface area contributed by atoms with Crippen molar-refractivity contribution in [3.8, 4) is 0 Å². The predicted molar refractivity (Wildman–Crippen MR) is 131 cm³/mol. The normalized spacial score (nSPS) is 21.4. The van der Waals surface area contributed by atoms with Crippen molar-refractivity contribution >= 4 is 51.6 Å². The molecule has 2 saturated heterocycles. The zero-order valence-corrected chi connectivity index (χ0v) is 21.0. The van der Waals surface area contributed by atoms with Crippen molar-refractivity contribution < 1.29 is 4.74 Å². The fourth-order valence-electron chi connectivity index (χ4n) is 3.73. The average molecular weight is 566 g/mol. The van der Waals surface area contributed by atoms with Gasteiger partial charge in [-0.2, -0.15) is 0 Å². The molecule has 0 amide bonds. The van der Waals surface area contributed by atoms with Gasteiger partial charge >= 0.3 is 0 Å². The summed E-state index contributed by atoms with van der Waals surface area (Å²) in [6.07, 6.45) is 1.11. The minimum absolute atomic E-state index is 0. The topological polar surface area (TPSA) is 52.1 Å². The molecule has 3 rings (SSSR count). The second-order valence-electron chi connectivity index (χ2n) is 7.89. The summed E-state index contributed by atoms with van der Waals surface area (Å²) in [5, 5.41) is 7.12. The molecule has 0 saturated carbocycles. The van der Waals surface area contributed by atoms with Gasteiger partial charge in [0, 0.05) is 61.5 Å². The number of benzene rings is 1. The van der Waals surface area contributed by atoms with Crippen molar-refractivity contribution in [3.63, 3.8) is 0 Å². The predicted octanol–water partition coefficient (Wildman–Crippen LogP) is 2.92. The Hall–Kier alpha value is -0.580. The molecule has 6 nitrogen and oxygen atoms in total. The lowest BCUT2D eigenvalue weighted by molar-refractivity contribution is -0.00834. The SMILES string of the molecule is CN=C(NCC(C)(C)N1CCOCC1)NC1CCN(c2ccc(Br)cc2)C1.I. The Bertz CT molecular complexity index is 634. The van der Waals surface area contributed by atoms with Crippen LogP contribution in [0.25, 0.3) is 0 Å². The molecule has 8 heteroatoms. The molecule has 1 unspecified atom stereocenters. The van der Waals surface area contributed by atoms with E-state index in [1.807, 2.05) is 7.05 Å². The molecule has 2 N–H and O–H groups in total. The maximum Gasteiger partial charge on any atom is 0.191 e. The molecule has 28 heavy (non-hydrogen) atoms. The third-order valence-electron chi connectivity index (χ3n) is 5.50. The summed E-state index contributed by atoms with van der Waals surface area (Å²) in [4.78, 5) is 9.35. The quantitative estimate of drug-likeness (QED) is 0.327. The Morgan fingerprint density at radius 1 is 1.21 bits per heavy atom. The molecule has 2 heterocycles. The number of rotatable bonds is 5. The van der Waals surface area contributed by atoms with Gasteiger partial charge in [-0.15, -0.1) is 24.0 Å². The molecule has 0 spiro atoms. The van der Waals surface area contributed by atoms with Gasteiger partial charge in [0.25, 0.3) is 0 Å². The molecule has 2 aliphatic heterocycles. The minimum atomic E-state index is 0. The van der Waals surface area contributed by atoms with Crippen molar-refractivity contribution in [3.05, 3.63) is 28.7 Å². The Morgan fingerprint density at radius 2 is 1.89 bits per heavy atom. The first-order valence-electron chi connectivity index (χ1n) is 9.78. The molecule has 0 aromatic heterocycles. The summed E-state index contributed by atoms with van der Waals surface area (Å²) < 4.78 is 6.60. The second kappa shape index (κ2) is 11.0. The van der Waals surface area contributed by atoms with Crippen molar-refractivity contribution in [1.82, 2.24) is 15.5 Å². The molecule has 1 aromatic carbocycles. The smallest absolute Gasteiger partial charge is 0.191 e. The van der Waals surface area contributed by atoms with Gasteiger partial charge in [0.05, 0.1) is 13.2 Å². The van der Waals surface area contributed by atoms with Crippen molar-refractivity contribution in [2.45, 2.75) is 31.8 Å². The Balaban J connectivity index is 0.00000280. The van der Waals surface area contributed by atoms with Crippen LogP contribution in [0.2, 0.25) is 0 Å². The Labute approximate surface area is 194 Å². The lowest BCUT2D eigenvalue weighted by Crippen LogP contribution is -2.57. The summed E-state index contributed by atoms with van der Waals surface area (Å²) in [6.45, 7) is 11.1. The molecule has 1 atom stereocenters. The van der Waals surface area contributed by atoms with E-state index in [9.17, 15) is 0 Å². The number of guanidine groups is 1. The van der Waals surface area contributed by atoms with Crippen molar-refractivity contribution in [2.24, 2.45) is 4.99 Å². The molecule has 0 bridgehead atoms. The number of anilines is 1. The minimum Gasteiger partial charge on any atom is -0.379 e. The summed E-state index contributed by atoms with van der Waals surface area (Å²) in [7, 11) is 1.85. The number of halogens is 2. The number of hydrogen-bond donors (Lipinski definition) is 2. The van der Waals surface area contributed by atoms with Gasteiger partial charge < -0.3 is 20.3 Å². The highest BCUT2D eigenvalue weighted by Gasteiger charge is 2.29. The zero-order valence-electron chi connectivity index (χ0n) is 17.1. The fraction of sp³-hybridized carbons (Fsp3) is 0.650.